The third kappa shape index (κ3) is 5.16. The lowest BCUT2D eigenvalue weighted by molar-refractivity contribution is -0.112. The Balaban J connectivity index is 0.000000243. The van der Waals surface area contributed by atoms with Crippen LogP contribution in [0.15, 0.2) is 24.3 Å². The van der Waals surface area contributed by atoms with Gasteiger partial charge >= 0.3 is 0 Å². The Morgan fingerprint density at radius 3 is 2.67 bits per heavy atom. The lowest BCUT2D eigenvalue weighted by Gasteiger charge is -2.32. The number of nitrogens with zero attached hydrogens (tertiary/aromatic N) is 3. The smallest absolute Gasteiger partial charge is 0.123 e. The highest BCUT2D eigenvalue weighted by molar-refractivity contribution is 5.88. The number of piperidine rings is 1. The number of anilines is 1. The molecule has 1 fully saturated rings. The number of H-pyrrole nitrogens is 2. The first kappa shape index (κ1) is 23.6. The topological polar surface area (TPSA) is 68.0 Å². The van der Waals surface area contributed by atoms with Gasteiger partial charge in [0.05, 0.1) is 5.69 Å². The fourth-order valence-electron chi connectivity index (χ4n) is 4.97. The maximum atomic E-state index is 10.2. The third-order valence-corrected chi connectivity index (χ3v) is 7.72. The van der Waals surface area contributed by atoms with Gasteiger partial charge in [-0.2, -0.15) is 5.10 Å². The molecule has 0 saturated carbocycles. The Morgan fingerprint density at radius 2 is 2.00 bits per heavy atom. The van der Waals surface area contributed by atoms with Gasteiger partial charge in [0.25, 0.3) is 0 Å². The summed E-state index contributed by atoms with van der Waals surface area (Å²) in [4.78, 5) is 18.2. The molecule has 2 N–H and O–H groups in total. The number of likely N-dealkylation sites (tertiary alicyclic amines) is 1. The summed E-state index contributed by atoms with van der Waals surface area (Å²) in [5.74, 6) is 0.348. The second-order valence-electron chi connectivity index (χ2n) is 10.5. The van der Waals surface area contributed by atoms with Crippen LogP contribution in [0.1, 0.15) is 50.8 Å². The zero-order chi connectivity index (χ0) is 23.6. The van der Waals surface area contributed by atoms with Crippen LogP contribution in [0.4, 0.5) is 5.69 Å². The second-order valence-corrected chi connectivity index (χ2v) is 10.5. The molecule has 1 unspecified atom stereocenters. The maximum Gasteiger partial charge on any atom is 0.123 e. The molecule has 3 aromatic rings. The molecule has 33 heavy (non-hydrogen) atoms. The number of aldehydes is 1. The van der Waals surface area contributed by atoms with Gasteiger partial charge in [-0.15, -0.1) is 0 Å². The highest BCUT2D eigenvalue weighted by Crippen LogP contribution is 2.40. The summed E-state index contributed by atoms with van der Waals surface area (Å²) in [6.07, 6.45) is 7.89. The Labute approximate surface area is 197 Å². The van der Waals surface area contributed by atoms with Gasteiger partial charge in [0, 0.05) is 47.9 Å². The van der Waals surface area contributed by atoms with Crippen LogP contribution in [0.5, 0.6) is 0 Å². The van der Waals surface area contributed by atoms with E-state index < -0.39 is 0 Å². The Hall–Kier alpha value is -2.60. The minimum absolute atomic E-state index is 0.348. The van der Waals surface area contributed by atoms with Gasteiger partial charge in [-0.05, 0) is 75.9 Å². The molecular weight excluding hydrogens is 410 g/mol. The normalized spacial score (nSPS) is 21.4. The van der Waals surface area contributed by atoms with Crippen molar-refractivity contribution >= 4 is 22.9 Å². The molecule has 0 bridgehead atoms. The molecule has 2 aliphatic rings. The van der Waals surface area contributed by atoms with E-state index in [1.807, 2.05) is 0 Å². The molecule has 0 radical (unpaired) electrons. The van der Waals surface area contributed by atoms with Gasteiger partial charge in [0.1, 0.15) is 12.0 Å². The largest absolute Gasteiger partial charge is 0.378 e. The summed E-state index contributed by atoms with van der Waals surface area (Å²) in [7, 11) is 6.24. The van der Waals surface area contributed by atoms with Crippen LogP contribution in [0.2, 0.25) is 0 Å². The molecule has 1 aromatic carbocycles. The predicted molar refractivity (Wildman–Crippen MR) is 137 cm³/mol. The molecule has 6 nitrogen and oxygen atoms in total. The number of rotatable bonds is 4. The average Bonchev–Trinajstić information content (AvgIpc) is 3.42. The summed E-state index contributed by atoms with van der Waals surface area (Å²) >= 11 is 0. The number of fused-ring (bicyclic) bond motifs is 2. The highest BCUT2D eigenvalue weighted by atomic mass is 16.1. The number of hydrogen-bond donors (Lipinski definition) is 2. The number of aromatic nitrogens is 3. The van der Waals surface area contributed by atoms with Crippen molar-refractivity contribution in [3.8, 4) is 11.4 Å². The third-order valence-electron chi connectivity index (χ3n) is 7.72. The first-order chi connectivity index (χ1) is 15.8. The van der Waals surface area contributed by atoms with Gasteiger partial charge in [-0.3, -0.25) is 5.10 Å². The molecule has 1 aliphatic heterocycles. The summed E-state index contributed by atoms with van der Waals surface area (Å²) in [5.41, 5.74) is 7.75. The molecule has 1 saturated heterocycles. The lowest BCUT2D eigenvalue weighted by atomic mass is 9.73. The summed E-state index contributed by atoms with van der Waals surface area (Å²) in [5, 5.41) is 9.20. The summed E-state index contributed by atoms with van der Waals surface area (Å²) in [6.45, 7) is 6.86. The SMILES string of the molecule is CCC1(C)CCc2c(-c3cc4ccc(N(C)C)cc4[nH]3)n[nH]c2C1.CN1CCC(C=O)CC1. The number of carbonyl (C=O) groups excluding carboxylic acids is 1. The monoisotopic (exact) mass is 449 g/mol. The molecule has 1 atom stereocenters. The molecule has 6 heteroatoms. The van der Waals surface area contributed by atoms with Crippen LogP contribution >= 0.6 is 0 Å². The number of hydrogen-bond acceptors (Lipinski definition) is 4. The first-order valence-electron chi connectivity index (χ1n) is 12.3. The van der Waals surface area contributed by atoms with E-state index in [2.05, 4.69) is 84.2 Å². The Kier molecular flexibility index (Phi) is 6.94. The van der Waals surface area contributed by atoms with E-state index >= 15 is 0 Å². The summed E-state index contributed by atoms with van der Waals surface area (Å²) in [6, 6.07) is 8.76. The predicted octanol–water partition coefficient (Wildman–Crippen LogP) is 5.06. The van der Waals surface area contributed by atoms with E-state index in [0.717, 1.165) is 56.4 Å². The van der Waals surface area contributed by atoms with Crippen LogP contribution in [-0.2, 0) is 17.6 Å². The van der Waals surface area contributed by atoms with Gasteiger partial charge in [0.2, 0.25) is 0 Å². The molecular formula is C27H39N5O. The van der Waals surface area contributed by atoms with E-state index in [0.29, 0.717) is 11.3 Å². The number of carbonyl (C=O) groups is 1. The zero-order valence-electron chi connectivity index (χ0n) is 20.9. The standard InChI is InChI=1S/C20H26N4.C7H13NO/c1-5-20(2)9-8-15-18(12-20)22-23-19(15)17-10-13-6-7-14(24(3)4)11-16(13)21-17;1-8-4-2-7(6-9)3-5-8/h6-7,10-11,21H,5,8-9,12H2,1-4H3,(H,22,23);6-7H,2-5H2,1H3. The summed E-state index contributed by atoms with van der Waals surface area (Å²) < 4.78 is 0. The van der Waals surface area contributed by atoms with E-state index in [4.69, 9.17) is 0 Å². The van der Waals surface area contributed by atoms with Gasteiger partial charge < -0.3 is 19.6 Å². The average molecular weight is 450 g/mol. The van der Waals surface area contributed by atoms with Crippen molar-refractivity contribution in [3.05, 3.63) is 35.5 Å². The van der Waals surface area contributed by atoms with Crippen molar-refractivity contribution in [2.45, 2.75) is 52.4 Å². The van der Waals surface area contributed by atoms with Crippen molar-refractivity contribution in [1.29, 1.82) is 0 Å². The minimum atomic E-state index is 0.348. The number of nitrogens with one attached hydrogen (secondary N) is 2. The van der Waals surface area contributed by atoms with Gasteiger partial charge in [-0.1, -0.05) is 26.3 Å². The van der Waals surface area contributed by atoms with Gasteiger partial charge in [-0.25, -0.2) is 0 Å². The van der Waals surface area contributed by atoms with E-state index in [1.54, 1.807) is 0 Å². The van der Waals surface area contributed by atoms with E-state index in [9.17, 15) is 4.79 Å². The molecule has 178 valence electrons. The molecule has 0 spiro atoms. The Morgan fingerprint density at radius 1 is 1.24 bits per heavy atom. The van der Waals surface area contributed by atoms with Crippen molar-refractivity contribution in [2.75, 3.05) is 39.1 Å². The Bertz CT molecular complexity index is 1090. The number of benzene rings is 1. The van der Waals surface area contributed by atoms with Crippen molar-refractivity contribution in [1.82, 2.24) is 20.1 Å². The van der Waals surface area contributed by atoms with Crippen LogP contribution in [0.3, 0.4) is 0 Å². The molecule has 3 heterocycles. The fourth-order valence-corrected chi connectivity index (χ4v) is 4.97. The van der Waals surface area contributed by atoms with Crippen LogP contribution in [-0.4, -0.2) is 60.6 Å². The van der Waals surface area contributed by atoms with Crippen LogP contribution < -0.4 is 4.90 Å². The van der Waals surface area contributed by atoms with Crippen molar-refractivity contribution in [3.63, 3.8) is 0 Å². The molecule has 0 amide bonds. The molecule has 5 rings (SSSR count). The first-order valence-corrected chi connectivity index (χ1v) is 12.3. The molecule has 1 aliphatic carbocycles. The maximum absolute atomic E-state index is 10.2. The molecule has 2 aromatic heterocycles. The van der Waals surface area contributed by atoms with E-state index in [-0.39, 0.29) is 0 Å². The fraction of sp³-hybridized carbons (Fsp3) is 0.556. The highest BCUT2D eigenvalue weighted by Gasteiger charge is 2.31. The minimum Gasteiger partial charge on any atom is -0.378 e. The van der Waals surface area contributed by atoms with Crippen LogP contribution in [0.25, 0.3) is 22.3 Å². The van der Waals surface area contributed by atoms with Crippen molar-refractivity contribution < 1.29 is 4.79 Å². The van der Waals surface area contributed by atoms with E-state index in [1.165, 1.54) is 40.7 Å². The van der Waals surface area contributed by atoms with Crippen LogP contribution in [0, 0.1) is 11.3 Å². The zero-order valence-corrected chi connectivity index (χ0v) is 20.9. The van der Waals surface area contributed by atoms with Crippen molar-refractivity contribution in [2.24, 2.45) is 11.3 Å². The van der Waals surface area contributed by atoms with Gasteiger partial charge in [0.15, 0.2) is 0 Å². The quantitative estimate of drug-likeness (QED) is 0.547. The lowest BCUT2D eigenvalue weighted by Crippen LogP contribution is -2.30. The second kappa shape index (κ2) is 9.72. The number of aromatic amines is 2.